The van der Waals surface area contributed by atoms with Crippen molar-refractivity contribution in [1.29, 1.82) is 0 Å². The number of carbonyl (C=O) groups is 2. The maximum atomic E-state index is 11.3. The van der Waals surface area contributed by atoms with Gasteiger partial charge in [0.2, 0.25) is 0 Å². The highest BCUT2D eigenvalue weighted by atomic mass is 17.2. The van der Waals surface area contributed by atoms with E-state index in [-0.39, 0.29) is 24.2 Å². The molecule has 0 rings (SSSR count). The van der Waals surface area contributed by atoms with Crippen LogP contribution in [0.15, 0.2) is 0 Å². The topological polar surface area (TPSA) is 52.6 Å². The summed E-state index contributed by atoms with van der Waals surface area (Å²) in [5, 5.41) is 0. The summed E-state index contributed by atoms with van der Waals surface area (Å²) in [5.41, 5.74) is 0.180. The first-order valence-electron chi connectivity index (χ1n) is 5.64. The Bertz CT molecular complexity index is 240. The second kappa shape index (κ2) is 6.51. The van der Waals surface area contributed by atoms with Gasteiger partial charge < -0.3 is 0 Å². The summed E-state index contributed by atoms with van der Waals surface area (Å²) in [7, 11) is 0. The van der Waals surface area contributed by atoms with E-state index in [9.17, 15) is 9.59 Å². The van der Waals surface area contributed by atoms with Crippen LogP contribution in [0.4, 0.5) is 0 Å². The van der Waals surface area contributed by atoms with E-state index in [0.717, 1.165) is 6.42 Å². The van der Waals surface area contributed by atoms with Crippen molar-refractivity contribution in [2.45, 2.75) is 53.9 Å². The molecule has 16 heavy (non-hydrogen) atoms. The highest BCUT2D eigenvalue weighted by Crippen LogP contribution is 2.26. The number of hydrogen-bond donors (Lipinski definition) is 0. The molecule has 0 aliphatic heterocycles. The van der Waals surface area contributed by atoms with Gasteiger partial charge in [-0.15, -0.1) is 0 Å². The van der Waals surface area contributed by atoms with Gasteiger partial charge in [0.15, 0.2) is 0 Å². The predicted molar refractivity (Wildman–Crippen MR) is 60.3 cm³/mol. The first-order valence-corrected chi connectivity index (χ1v) is 5.64. The minimum absolute atomic E-state index is 0.180. The molecule has 0 aromatic rings. The average Bonchev–Trinajstić information content (AvgIpc) is 2.10. The molecule has 0 aliphatic carbocycles. The summed E-state index contributed by atoms with van der Waals surface area (Å²) in [6.07, 6.45) is 1.39. The van der Waals surface area contributed by atoms with E-state index >= 15 is 0 Å². The van der Waals surface area contributed by atoms with Crippen LogP contribution in [0.3, 0.4) is 0 Å². The Balaban J connectivity index is 3.83. The average molecular weight is 230 g/mol. The van der Waals surface area contributed by atoms with Gasteiger partial charge in [-0.25, -0.2) is 19.4 Å². The van der Waals surface area contributed by atoms with E-state index in [0.29, 0.717) is 0 Å². The van der Waals surface area contributed by atoms with Gasteiger partial charge in [-0.05, 0) is 17.8 Å². The minimum atomic E-state index is -0.531. The molecule has 0 spiro atoms. The molecule has 4 heteroatoms. The van der Waals surface area contributed by atoms with Crippen LogP contribution in [0.2, 0.25) is 0 Å². The highest BCUT2D eigenvalue weighted by molar-refractivity contribution is 5.72. The minimum Gasteiger partial charge on any atom is -0.247 e. The fourth-order valence-electron chi connectivity index (χ4n) is 1.59. The smallest absolute Gasteiger partial charge is 0.247 e. The molecule has 0 N–H and O–H groups in total. The van der Waals surface area contributed by atoms with E-state index in [1.54, 1.807) is 6.92 Å². The van der Waals surface area contributed by atoms with Crippen molar-refractivity contribution in [2.75, 3.05) is 0 Å². The molecule has 0 fully saturated rings. The molecule has 0 heterocycles. The fraction of sp³-hybridized carbons (Fsp3) is 0.833. The molecule has 0 saturated heterocycles. The molecule has 4 nitrogen and oxygen atoms in total. The van der Waals surface area contributed by atoms with E-state index < -0.39 is 11.9 Å². The monoisotopic (exact) mass is 230 g/mol. The van der Waals surface area contributed by atoms with Gasteiger partial charge in [-0.2, -0.15) is 0 Å². The van der Waals surface area contributed by atoms with Crippen LogP contribution in [0, 0.1) is 11.3 Å². The zero-order chi connectivity index (χ0) is 12.8. The maximum Gasteiger partial charge on any atom is 0.355 e. The Morgan fingerprint density at radius 1 is 1.12 bits per heavy atom. The van der Waals surface area contributed by atoms with Crippen LogP contribution in [-0.4, -0.2) is 11.9 Å². The molecule has 0 aromatic heterocycles. The number of rotatable bonds is 4. The van der Waals surface area contributed by atoms with Crippen LogP contribution < -0.4 is 0 Å². The first-order chi connectivity index (χ1) is 7.24. The first kappa shape index (κ1) is 14.9. The van der Waals surface area contributed by atoms with Crippen LogP contribution in [0.1, 0.15) is 53.9 Å². The summed E-state index contributed by atoms with van der Waals surface area (Å²) in [6, 6.07) is 0. The lowest BCUT2D eigenvalue weighted by atomic mass is 9.84. The Morgan fingerprint density at radius 3 is 2.06 bits per heavy atom. The molecule has 0 aromatic carbocycles. The predicted octanol–water partition coefficient (Wildman–Crippen LogP) is 2.86. The summed E-state index contributed by atoms with van der Waals surface area (Å²) >= 11 is 0. The van der Waals surface area contributed by atoms with E-state index in [1.807, 2.05) is 6.92 Å². The highest BCUT2D eigenvalue weighted by Gasteiger charge is 2.19. The molecule has 94 valence electrons. The molecule has 0 radical (unpaired) electrons. The second-order valence-electron chi connectivity index (χ2n) is 5.34. The third-order valence-corrected chi connectivity index (χ3v) is 1.99. The molecule has 0 bridgehead atoms. The quantitative estimate of drug-likeness (QED) is 0.550. The second-order valence-corrected chi connectivity index (χ2v) is 5.34. The zero-order valence-corrected chi connectivity index (χ0v) is 10.8. The Morgan fingerprint density at radius 2 is 1.62 bits per heavy atom. The van der Waals surface area contributed by atoms with Gasteiger partial charge in [0.05, 0.1) is 6.42 Å². The Kier molecular flexibility index (Phi) is 6.08. The lowest BCUT2D eigenvalue weighted by Crippen LogP contribution is -2.17. The molecule has 0 saturated carbocycles. The van der Waals surface area contributed by atoms with Gasteiger partial charge in [0, 0.05) is 6.42 Å². The SMILES string of the molecule is CCC(=O)OOC(=O)CC(C)CC(C)(C)C. The van der Waals surface area contributed by atoms with Crippen molar-refractivity contribution in [3.63, 3.8) is 0 Å². The maximum absolute atomic E-state index is 11.3. The summed E-state index contributed by atoms with van der Waals surface area (Å²) in [4.78, 5) is 30.7. The van der Waals surface area contributed by atoms with Crippen LogP contribution in [0.5, 0.6) is 0 Å². The standard InChI is InChI=1S/C12H22O4/c1-6-10(13)15-16-11(14)7-9(2)8-12(3,4)5/h9H,6-8H2,1-5H3. The molecule has 1 unspecified atom stereocenters. The Hall–Kier alpha value is -1.06. The van der Waals surface area contributed by atoms with E-state index in [4.69, 9.17) is 0 Å². The van der Waals surface area contributed by atoms with Gasteiger partial charge in [-0.3, -0.25) is 0 Å². The van der Waals surface area contributed by atoms with E-state index in [1.165, 1.54) is 0 Å². The number of carbonyl (C=O) groups excluding carboxylic acids is 2. The van der Waals surface area contributed by atoms with Gasteiger partial charge in [0.1, 0.15) is 0 Å². The van der Waals surface area contributed by atoms with Crippen molar-refractivity contribution in [3.8, 4) is 0 Å². The summed E-state index contributed by atoms with van der Waals surface area (Å²) in [5.74, 6) is -0.803. The van der Waals surface area contributed by atoms with Crippen molar-refractivity contribution >= 4 is 11.9 Å². The Labute approximate surface area is 97.2 Å². The zero-order valence-electron chi connectivity index (χ0n) is 10.8. The third-order valence-electron chi connectivity index (χ3n) is 1.99. The third kappa shape index (κ3) is 8.26. The fourth-order valence-corrected chi connectivity index (χ4v) is 1.59. The molecule has 0 amide bonds. The van der Waals surface area contributed by atoms with Crippen LogP contribution >= 0.6 is 0 Å². The molecular weight excluding hydrogens is 208 g/mol. The van der Waals surface area contributed by atoms with Crippen molar-refractivity contribution in [1.82, 2.24) is 0 Å². The van der Waals surface area contributed by atoms with E-state index in [2.05, 4.69) is 30.5 Å². The van der Waals surface area contributed by atoms with Crippen LogP contribution in [-0.2, 0) is 19.4 Å². The van der Waals surface area contributed by atoms with Crippen molar-refractivity contribution in [2.24, 2.45) is 11.3 Å². The van der Waals surface area contributed by atoms with Crippen LogP contribution in [0.25, 0.3) is 0 Å². The molecule has 1 atom stereocenters. The van der Waals surface area contributed by atoms with Crippen molar-refractivity contribution in [3.05, 3.63) is 0 Å². The van der Waals surface area contributed by atoms with Gasteiger partial charge in [0.25, 0.3) is 0 Å². The summed E-state index contributed by atoms with van der Waals surface area (Å²) in [6.45, 7) is 9.97. The van der Waals surface area contributed by atoms with Gasteiger partial charge in [-0.1, -0.05) is 34.6 Å². The number of hydrogen-bond acceptors (Lipinski definition) is 4. The lowest BCUT2D eigenvalue weighted by molar-refractivity contribution is -0.259. The van der Waals surface area contributed by atoms with Gasteiger partial charge >= 0.3 is 11.9 Å². The normalized spacial score (nSPS) is 13.1. The largest absolute Gasteiger partial charge is 0.355 e. The molecule has 0 aliphatic rings. The van der Waals surface area contributed by atoms with Crippen molar-refractivity contribution < 1.29 is 19.4 Å². The summed E-state index contributed by atoms with van der Waals surface area (Å²) < 4.78 is 0. The molecular formula is C12H22O4. The lowest BCUT2D eigenvalue weighted by Gasteiger charge is -2.22.